The zero-order valence-electron chi connectivity index (χ0n) is 13.3. The highest BCUT2D eigenvalue weighted by molar-refractivity contribution is 9.10. The molecule has 1 N–H and O–H groups in total. The summed E-state index contributed by atoms with van der Waals surface area (Å²) in [5.74, 6) is 0.133. The Morgan fingerprint density at radius 1 is 1.24 bits per heavy atom. The Labute approximate surface area is 158 Å². The number of methoxy groups -OCH3 is 1. The zero-order valence-corrected chi connectivity index (χ0v) is 15.6. The molecule has 0 atom stereocenters. The lowest BCUT2D eigenvalue weighted by molar-refractivity contribution is -0.123. The van der Waals surface area contributed by atoms with Crippen molar-refractivity contribution in [1.29, 1.82) is 0 Å². The Morgan fingerprint density at radius 3 is 2.60 bits per heavy atom. The predicted molar refractivity (Wildman–Crippen MR) is 99.2 cm³/mol. The van der Waals surface area contributed by atoms with Crippen molar-refractivity contribution >= 4 is 45.5 Å². The first kappa shape index (κ1) is 17.5. The molecular weight excluding hydrogens is 408 g/mol. The minimum absolute atomic E-state index is 0.203. The second-order valence-corrected chi connectivity index (χ2v) is 6.64. The number of hydrogen-bond donors (Lipinski definition) is 1. The standard InChI is InChI=1S/C18H14BrClN2O3/c1-25-16-13(19)7-12(8-14(16)20)9-15-17(23)22(18(24)21-15)10-11-5-3-2-4-6-11/h2-9H,10H2,1H3,(H,21,24). The molecule has 0 radical (unpaired) electrons. The fourth-order valence-electron chi connectivity index (χ4n) is 2.51. The van der Waals surface area contributed by atoms with E-state index in [1.54, 1.807) is 18.2 Å². The summed E-state index contributed by atoms with van der Waals surface area (Å²) in [5, 5.41) is 3.00. The quantitative estimate of drug-likeness (QED) is 0.594. The van der Waals surface area contributed by atoms with E-state index in [-0.39, 0.29) is 18.1 Å². The van der Waals surface area contributed by atoms with E-state index in [1.165, 1.54) is 12.0 Å². The van der Waals surface area contributed by atoms with Crippen LogP contribution < -0.4 is 10.1 Å². The zero-order chi connectivity index (χ0) is 18.0. The number of nitrogens with zero attached hydrogens (tertiary/aromatic N) is 1. The highest BCUT2D eigenvalue weighted by Crippen LogP contribution is 2.34. The maximum absolute atomic E-state index is 12.5. The molecule has 2 aromatic carbocycles. The molecule has 2 aromatic rings. The lowest BCUT2D eigenvalue weighted by Crippen LogP contribution is -2.30. The molecule has 3 amide bonds. The van der Waals surface area contributed by atoms with Crippen LogP contribution >= 0.6 is 27.5 Å². The molecule has 0 aromatic heterocycles. The van der Waals surface area contributed by atoms with Gasteiger partial charge in [-0.2, -0.15) is 0 Å². The number of benzene rings is 2. The van der Waals surface area contributed by atoms with E-state index in [2.05, 4.69) is 21.2 Å². The fraction of sp³-hybridized carbons (Fsp3) is 0.111. The average molecular weight is 422 g/mol. The van der Waals surface area contributed by atoms with Crippen LogP contribution in [0.4, 0.5) is 4.79 Å². The molecular formula is C18H14BrClN2O3. The summed E-state index contributed by atoms with van der Waals surface area (Å²) in [6.45, 7) is 0.218. The van der Waals surface area contributed by atoms with Crippen molar-refractivity contribution in [3.05, 3.63) is 68.8 Å². The third kappa shape index (κ3) is 3.70. The minimum atomic E-state index is -0.446. The lowest BCUT2D eigenvalue weighted by Gasteiger charge is -2.11. The van der Waals surface area contributed by atoms with Crippen molar-refractivity contribution in [2.45, 2.75) is 6.54 Å². The van der Waals surface area contributed by atoms with E-state index in [0.29, 0.717) is 20.8 Å². The minimum Gasteiger partial charge on any atom is -0.494 e. The van der Waals surface area contributed by atoms with Crippen LogP contribution in [0.15, 0.2) is 52.6 Å². The third-order valence-electron chi connectivity index (χ3n) is 3.68. The van der Waals surface area contributed by atoms with Gasteiger partial charge in [-0.25, -0.2) is 4.79 Å². The summed E-state index contributed by atoms with van der Waals surface area (Å²) >= 11 is 9.52. The molecule has 0 unspecified atom stereocenters. The summed E-state index contributed by atoms with van der Waals surface area (Å²) in [5.41, 5.74) is 1.75. The van der Waals surface area contributed by atoms with Gasteiger partial charge in [0.2, 0.25) is 0 Å². The highest BCUT2D eigenvalue weighted by Gasteiger charge is 2.33. The topological polar surface area (TPSA) is 58.6 Å². The summed E-state index contributed by atoms with van der Waals surface area (Å²) < 4.78 is 5.84. The molecule has 1 heterocycles. The molecule has 1 fully saturated rings. The Morgan fingerprint density at radius 2 is 1.96 bits per heavy atom. The van der Waals surface area contributed by atoms with Crippen molar-refractivity contribution in [2.24, 2.45) is 0 Å². The van der Waals surface area contributed by atoms with Crippen LogP contribution in [-0.4, -0.2) is 23.9 Å². The number of amides is 3. The maximum atomic E-state index is 12.5. The van der Waals surface area contributed by atoms with Crippen molar-refractivity contribution in [3.63, 3.8) is 0 Å². The van der Waals surface area contributed by atoms with Crippen molar-refractivity contribution in [3.8, 4) is 5.75 Å². The smallest absolute Gasteiger partial charge is 0.329 e. The van der Waals surface area contributed by atoms with E-state index < -0.39 is 6.03 Å². The van der Waals surface area contributed by atoms with E-state index in [1.807, 2.05) is 30.3 Å². The number of carbonyl (C=O) groups excluding carboxylic acids is 2. The third-order valence-corrected chi connectivity index (χ3v) is 4.55. The molecule has 1 saturated heterocycles. The van der Waals surface area contributed by atoms with Crippen LogP contribution in [0, 0.1) is 0 Å². The first-order chi connectivity index (χ1) is 12.0. The van der Waals surface area contributed by atoms with Crippen molar-refractivity contribution in [2.75, 3.05) is 7.11 Å². The van der Waals surface area contributed by atoms with Gasteiger partial charge in [-0.05, 0) is 45.3 Å². The molecule has 128 valence electrons. The van der Waals surface area contributed by atoms with Crippen molar-refractivity contribution < 1.29 is 14.3 Å². The first-order valence-electron chi connectivity index (χ1n) is 7.41. The summed E-state index contributed by atoms with van der Waals surface area (Å²) in [4.78, 5) is 25.8. The molecule has 7 heteroatoms. The van der Waals surface area contributed by atoms with Gasteiger partial charge in [0.05, 0.1) is 23.1 Å². The Bertz CT molecular complexity index is 845. The van der Waals surface area contributed by atoms with Gasteiger partial charge in [0.25, 0.3) is 5.91 Å². The molecule has 0 saturated carbocycles. The van der Waals surface area contributed by atoms with Crippen LogP contribution in [0.1, 0.15) is 11.1 Å². The number of carbonyl (C=O) groups is 2. The lowest BCUT2D eigenvalue weighted by atomic mass is 10.1. The van der Waals surface area contributed by atoms with Gasteiger partial charge in [0.15, 0.2) is 5.75 Å². The molecule has 3 rings (SSSR count). The molecule has 0 aliphatic carbocycles. The van der Waals surface area contributed by atoms with E-state index in [4.69, 9.17) is 16.3 Å². The number of ether oxygens (including phenoxy) is 1. The molecule has 1 aliphatic rings. The summed E-state index contributed by atoms with van der Waals surface area (Å²) in [6.07, 6.45) is 1.58. The molecule has 0 bridgehead atoms. The Hall–Kier alpha value is -2.31. The summed E-state index contributed by atoms with van der Waals surface area (Å²) in [7, 11) is 1.52. The Kier molecular flexibility index (Phi) is 5.11. The monoisotopic (exact) mass is 420 g/mol. The maximum Gasteiger partial charge on any atom is 0.329 e. The number of imide groups is 1. The van der Waals surface area contributed by atoms with Crippen LogP contribution in [-0.2, 0) is 11.3 Å². The highest BCUT2D eigenvalue weighted by atomic mass is 79.9. The Balaban J connectivity index is 1.85. The number of halogens is 2. The van der Waals surface area contributed by atoms with Gasteiger partial charge in [-0.1, -0.05) is 41.9 Å². The number of rotatable bonds is 4. The molecule has 5 nitrogen and oxygen atoms in total. The van der Waals surface area contributed by atoms with Gasteiger partial charge < -0.3 is 10.1 Å². The van der Waals surface area contributed by atoms with Crippen LogP contribution in [0.3, 0.4) is 0 Å². The van der Waals surface area contributed by atoms with Gasteiger partial charge in [-0.3, -0.25) is 9.69 Å². The molecule has 0 spiro atoms. The molecule has 25 heavy (non-hydrogen) atoms. The molecule has 1 aliphatic heterocycles. The normalized spacial score (nSPS) is 15.6. The van der Waals surface area contributed by atoms with E-state index in [0.717, 1.165) is 5.56 Å². The van der Waals surface area contributed by atoms with Crippen LogP contribution in [0.5, 0.6) is 5.75 Å². The van der Waals surface area contributed by atoms with Gasteiger partial charge in [-0.15, -0.1) is 0 Å². The first-order valence-corrected chi connectivity index (χ1v) is 8.58. The number of hydrogen-bond acceptors (Lipinski definition) is 3. The van der Waals surface area contributed by atoms with Crippen molar-refractivity contribution in [1.82, 2.24) is 10.2 Å². The number of nitrogens with one attached hydrogen (secondary N) is 1. The van der Waals surface area contributed by atoms with Crippen LogP contribution in [0.2, 0.25) is 5.02 Å². The van der Waals surface area contributed by atoms with E-state index in [9.17, 15) is 9.59 Å². The fourth-order valence-corrected chi connectivity index (χ4v) is 3.56. The van der Waals surface area contributed by atoms with Crippen LogP contribution in [0.25, 0.3) is 6.08 Å². The van der Waals surface area contributed by atoms with Gasteiger partial charge >= 0.3 is 6.03 Å². The van der Waals surface area contributed by atoms with Gasteiger partial charge in [0.1, 0.15) is 5.70 Å². The number of urea groups is 1. The average Bonchev–Trinajstić information content (AvgIpc) is 2.83. The van der Waals surface area contributed by atoms with Gasteiger partial charge in [0, 0.05) is 0 Å². The predicted octanol–water partition coefficient (Wildman–Crippen LogP) is 4.20. The largest absolute Gasteiger partial charge is 0.494 e. The van der Waals surface area contributed by atoms with E-state index >= 15 is 0 Å². The SMILES string of the molecule is COc1c(Cl)cc(C=C2NC(=O)N(Cc3ccccc3)C2=O)cc1Br. The summed E-state index contributed by atoms with van der Waals surface area (Å²) in [6, 6.07) is 12.3. The second kappa shape index (κ2) is 7.29. The second-order valence-electron chi connectivity index (χ2n) is 5.38.